The zero-order valence-corrected chi connectivity index (χ0v) is 15.2. The first-order chi connectivity index (χ1) is 10.2. The Balaban J connectivity index is 0.00000264. The zero-order chi connectivity index (χ0) is 16.4. The summed E-state index contributed by atoms with van der Waals surface area (Å²) in [6, 6.07) is 6.72. The second-order valence-corrected chi connectivity index (χ2v) is 8.19. The standard InChI is InChI=1S/C15H23N3O3S.ClH/c1-15(2,3)18-22(20,21)13-7-5-4-6-11(13)10-17-14(19)12-8-16-9-12;/h4-7,12,16,18H,8-10H2,1-3H3,(H,17,19);1H. The summed E-state index contributed by atoms with van der Waals surface area (Å²) in [6.07, 6.45) is 0. The average molecular weight is 362 g/mol. The van der Waals surface area contributed by atoms with Gasteiger partial charge in [-0.2, -0.15) is 0 Å². The molecule has 0 unspecified atom stereocenters. The number of carbonyl (C=O) groups is 1. The van der Waals surface area contributed by atoms with Crippen molar-refractivity contribution in [1.29, 1.82) is 0 Å². The first-order valence-electron chi connectivity index (χ1n) is 7.29. The minimum absolute atomic E-state index is 0. The molecular weight excluding hydrogens is 338 g/mol. The van der Waals surface area contributed by atoms with Crippen LogP contribution in [0.15, 0.2) is 29.2 Å². The highest BCUT2D eigenvalue weighted by Gasteiger charge is 2.26. The van der Waals surface area contributed by atoms with Crippen molar-refractivity contribution in [3.8, 4) is 0 Å². The first kappa shape index (κ1) is 19.9. The molecule has 23 heavy (non-hydrogen) atoms. The lowest BCUT2D eigenvalue weighted by Crippen LogP contribution is -2.50. The van der Waals surface area contributed by atoms with E-state index in [2.05, 4.69) is 15.4 Å². The maximum Gasteiger partial charge on any atom is 0.241 e. The van der Waals surface area contributed by atoms with E-state index in [-0.39, 0.29) is 35.7 Å². The van der Waals surface area contributed by atoms with Crippen LogP contribution in [-0.2, 0) is 21.4 Å². The lowest BCUT2D eigenvalue weighted by molar-refractivity contribution is -0.126. The van der Waals surface area contributed by atoms with E-state index in [1.54, 1.807) is 45.0 Å². The van der Waals surface area contributed by atoms with Crippen LogP contribution in [0, 0.1) is 5.92 Å². The van der Waals surface area contributed by atoms with Gasteiger partial charge in [-0.25, -0.2) is 13.1 Å². The molecule has 1 aliphatic rings. The third-order valence-electron chi connectivity index (χ3n) is 3.31. The fourth-order valence-corrected chi connectivity index (χ4v) is 3.83. The highest BCUT2D eigenvalue weighted by molar-refractivity contribution is 7.89. The van der Waals surface area contributed by atoms with Crippen LogP contribution in [0.3, 0.4) is 0 Å². The molecule has 1 fully saturated rings. The summed E-state index contributed by atoms with van der Waals surface area (Å²) in [7, 11) is -3.62. The van der Waals surface area contributed by atoms with Crippen LogP contribution < -0.4 is 15.4 Å². The molecule has 0 saturated carbocycles. The third kappa shape index (κ3) is 5.46. The Morgan fingerprint density at radius 3 is 2.39 bits per heavy atom. The number of nitrogens with one attached hydrogen (secondary N) is 3. The summed E-state index contributed by atoms with van der Waals surface area (Å²) in [5.41, 5.74) is 0.0205. The predicted octanol–water partition coefficient (Wildman–Crippen LogP) is 1.02. The van der Waals surface area contributed by atoms with E-state index >= 15 is 0 Å². The fourth-order valence-electron chi connectivity index (χ4n) is 2.17. The lowest BCUT2D eigenvalue weighted by Gasteiger charge is -2.26. The first-order valence-corrected chi connectivity index (χ1v) is 8.78. The topological polar surface area (TPSA) is 87.3 Å². The Bertz CT molecular complexity index is 652. The Labute approximate surface area is 143 Å². The van der Waals surface area contributed by atoms with Gasteiger partial charge in [-0.15, -0.1) is 12.4 Å². The van der Waals surface area contributed by atoms with Crippen molar-refractivity contribution in [2.45, 2.75) is 37.8 Å². The number of amides is 1. The second-order valence-electron chi connectivity index (χ2n) is 6.54. The Morgan fingerprint density at radius 1 is 1.26 bits per heavy atom. The number of benzene rings is 1. The molecule has 0 atom stereocenters. The molecule has 1 amide bonds. The van der Waals surface area contributed by atoms with Gasteiger partial charge in [0, 0.05) is 25.2 Å². The molecular formula is C15H24ClN3O3S. The third-order valence-corrected chi connectivity index (χ3v) is 5.17. The van der Waals surface area contributed by atoms with Crippen LogP contribution in [0.1, 0.15) is 26.3 Å². The van der Waals surface area contributed by atoms with Gasteiger partial charge in [0.25, 0.3) is 0 Å². The van der Waals surface area contributed by atoms with Crippen LogP contribution in [-0.4, -0.2) is 33.0 Å². The van der Waals surface area contributed by atoms with E-state index in [1.807, 2.05) is 0 Å². The molecule has 130 valence electrons. The monoisotopic (exact) mass is 361 g/mol. The molecule has 6 nitrogen and oxygen atoms in total. The van der Waals surface area contributed by atoms with Crippen molar-refractivity contribution in [1.82, 2.24) is 15.4 Å². The molecule has 1 heterocycles. The SMILES string of the molecule is CC(C)(C)NS(=O)(=O)c1ccccc1CNC(=O)C1CNC1.Cl. The minimum Gasteiger partial charge on any atom is -0.352 e. The summed E-state index contributed by atoms with van der Waals surface area (Å²) in [5, 5.41) is 5.84. The summed E-state index contributed by atoms with van der Waals surface area (Å²) in [6.45, 7) is 6.93. The molecule has 0 aliphatic carbocycles. The molecule has 2 rings (SSSR count). The van der Waals surface area contributed by atoms with Crippen LogP contribution in [0.5, 0.6) is 0 Å². The van der Waals surface area contributed by atoms with E-state index in [9.17, 15) is 13.2 Å². The van der Waals surface area contributed by atoms with E-state index in [0.717, 1.165) is 0 Å². The summed E-state index contributed by atoms with van der Waals surface area (Å²) < 4.78 is 27.6. The molecule has 1 saturated heterocycles. The second kappa shape index (κ2) is 7.61. The van der Waals surface area contributed by atoms with Crippen molar-refractivity contribution < 1.29 is 13.2 Å². The normalized spacial score (nSPS) is 15.4. The van der Waals surface area contributed by atoms with Crippen molar-refractivity contribution in [2.24, 2.45) is 5.92 Å². The number of hydrogen-bond donors (Lipinski definition) is 3. The molecule has 1 aromatic rings. The predicted molar refractivity (Wildman–Crippen MR) is 92.0 cm³/mol. The Kier molecular flexibility index (Phi) is 6.59. The van der Waals surface area contributed by atoms with Crippen molar-refractivity contribution in [2.75, 3.05) is 13.1 Å². The minimum atomic E-state index is -3.62. The number of sulfonamides is 1. The van der Waals surface area contributed by atoms with Gasteiger partial charge in [0.15, 0.2) is 0 Å². The summed E-state index contributed by atoms with van der Waals surface area (Å²) in [5.74, 6) is -0.0637. The van der Waals surface area contributed by atoms with Gasteiger partial charge in [0.1, 0.15) is 0 Å². The van der Waals surface area contributed by atoms with Crippen molar-refractivity contribution >= 4 is 28.3 Å². The van der Waals surface area contributed by atoms with E-state index < -0.39 is 15.6 Å². The summed E-state index contributed by atoms with van der Waals surface area (Å²) in [4.78, 5) is 12.1. The van der Waals surface area contributed by atoms with Gasteiger partial charge in [-0.3, -0.25) is 4.79 Å². The van der Waals surface area contributed by atoms with Gasteiger partial charge >= 0.3 is 0 Å². The molecule has 3 N–H and O–H groups in total. The van der Waals surface area contributed by atoms with E-state index in [4.69, 9.17) is 0 Å². The smallest absolute Gasteiger partial charge is 0.241 e. The van der Waals surface area contributed by atoms with Crippen LogP contribution in [0.25, 0.3) is 0 Å². The highest BCUT2D eigenvalue weighted by Crippen LogP contribution is 2.18. The lowest BCUT2D eigenvalue weighted by atomic mass is 10.0. The zero-order valence-electron chi connectivity index (χ0n) is 13.5. The number of rotatable bonds is 5. The van der Waals surface area contributed by atoms with Crippen molar-refractivity contribution in [3.63, 3.8) is 0 Å². The maximum atomic E-state index is 12.5. The molecule has 0 radical (unpaired) electrons. The van der Waals surface area contributed by atoms with Gasteiger partial charge in [0.2, 0.25) is 15.9 Å². The Morgan fingerprint density at radius 2 is 1.87 bits per heavy atom. The van der Waals surface area contributed by atoms with Crippen molar-refractivity contribution in [3.05, 3.63) is 29.8 Å². The maximum absolute atomic E-state index is 12.5. The van der Waals surface area contributed by atoms with Crippen LogP contribution in [0.4, 0.5) is 0 Å². The van der Waals surface area contributed by atoms with Crippen LogP contribution >= 0.6 is 12.4 Å². The Hall–Kier alpha value is -1.15. The summed E-state index contributed by atoms with van der Waals surface area (Å²) >= 11 is 0. The molecule has 0 bridgehead atoms. The van der Waals surface area contributed by atoms with Gasteiger partial charge < -0.3 is 10.6 Å². The van der Waals surface area contributed by atoms with Crippen LogP contribution in [0.2, 0.25) is 0 Å². The molecule has 1 aliphatic heterocycles. The largest absolute Gasteiger partial charge is 0.352 e. The molecule has 8 heteroatoms. The molecule has 0 spiro atoms. The van der Waals surface area contributed by atoms with E-state index in [1.165, 1.54) is 0 Å². The van der Waals surface area contributed by atoms with E-state index in [0.29, 0.717) is 18.7 Å². The van der Waals surface area contributed by atoms with Gasteiger partial charge in [-0.05, 0) is 32.4 Å². The molecule has 1 aromatic carbocycles. The quantitative estimate of drug-likeness (QED) is 0.730. The number of hydrogen-bond acceptors (Lipinski definition) is 4. The average Bonchev–Trinajstić information content (AvgIpc) is 2.31. The van der Waals surface area contributed by atoms with Gasteiger partial charge in [0.05, 0.1) is 10.8 Å². The number of halogens is 1. The van der Waals surface area contributed by atoms with Gasteiger partial charge in [-0.1, -0.05) is 18.2 Å². The molecule has 0 aromatic heterocycles. The highest BCUT2D eigenvalue weighted by atomic mass is 35.5. The number of carbonyl (C=O) groups excluding carboxylic acids is 1. The fraction of sp³-hybridized carbons (Fsp3) is 0.533.